The topological polar surface area (TPSA) is 55.4 Å². The molecule has 0 spiro atoms. The van der Waals surface area contributed by atoms with Crippen LogP contribution in [0.25, 0.3) is 11.1 Å². The number of esters is 1. The fourth-order valence-corrected chi connectivity index (χ4v) is 3.06. The molecule has 0 bridgehead atoms. The molecule has 29 heavy (non-hydrogen) atoms. The molecule has 0 saturated heterocycles. The van der Waals surface area contributed by atoms with E-state index in [1.54, 1.807) is 12.1 Å². The van der Waals surface area contributed by atoms with Crippen molar-refractivity contribution < 1.29 is 18.7 Å². The zero-order chi connectivity index (χ0) is 20.8. The summed E-state index contributed by atoms with van der Waals surface area (Å²) in [6, 6.07) is 21.1. The molecule has 1 unspecified atom stereocenters. The SMILES string of the molecule is CC(OC(=O)Cc1c(F)cccc1Cl)C(=O)Nc1ccccc1-c1ccccc1. The van der Waals surface area contributed by atoms with Gasteiger partial charge >= 0.3 is 5.97 Å². The smallest absolute Gasteiger partial charge is 0.311 e. The molecule has 0 aliphatic carbocycles. The molecule has 3 rings (SSSR count). The first-order valence-corrected chi connectivity index (χ1v) is 9.41. The van der Waals surface area contributed by atoms with Crippen LogP contribution in [0.1, 0.15) is 12.5 Å². The van der Waals surface area contributed by atoms with Crippen molar-refractivity contribution in [2.24, 2.45) is 0 Å². The maximum absolute atomic E-state index is 13.8. The highest BCUT2D eigenvalue weighted by molar-refractivity contribution is 6.31. The van der Waals surface area contributed by atoms with Crippen LogP contribution in [-0.2, 0) is 20.7 Å². The van der Waals surface area contributed by atoms with Crippen LogP contribution in [0.15, 0.2) is 72.8 Å². The van der Waals surface area contributed by atoms with Crippen LogP contribution in [0.4, 0.5) is 10.1 Å². The van der Waals surface area contributed by atoms with Crippen LogP contribution in [-0.4, -0.2) is 18.0 Å². The number of para-hydroxylation sites is 1. The highest BCUT2D eigenvalue weighted by Gasteiger charge is 2.21. The van der Waals surface area contributed by atoms with Gasteiger partial charge in [-0.25, -0.2) is 4.39 Å². The Morgan fingerprint density at radius 3 is 2.41 bits per heavy atom. The molecule has 0 radical (unpaired) electrons. The van der Waals surface area contributed by atoms with E-state index in [4.69, 9.17) is 16.3 Å². The lowest BCUT2D eigenvalue weighted by Gasteiger charge is -2.16. The minimum atomic E-state index is -1.06. The highest BCUT2D eigenvalue weighted by Crippen LogP contribution is 2.27. The van der Waals surface area contributed by atoms with Gasteiger partial charge in [0.25, 0.3) is 5.91 Å². The Balaban J connectivity index is 1.67. The van der Waals surface area contributed by atoms with Crippen LogP contribution in [0.5, 0.6) is 0 Å². The van der Waals surface area contributed by atoms with Crippen LogP contribution < -0.4 is 5.32 Å². The van der Waals surface area contributed by atoms with Crippen molar-refractivity contribution in [3.63, 3.8) is 0 Å². The summed E-state index contributed by atoms with van der Waals surface area (Å²) < 4.78 is 19.0. The van der Waals surface area contributed by atoms with Crippen molar-refractivity contribution in [3.8, 4) is 11.1 Å². The number of anilines is 1. The lowest BCUT2D eigenvalue weighted by Crippen LogP contribution is -2.30. The summed E-state index contributed by atoms with van der Waals surface area (Å²) in [7, 11) is 0. The Kier molecular flexibility index (Phi) is 6.62. The molecular formula is C23H19ClFNO3. The summed E-state index contributed by atoms with van der Waals surface area (Å²) in [5.74, 6) is -1.82. The molecular weight excluding hydrogens is 393 g/mol. The number of halogens is 2. The standard InChI is InChI=1S/C23H19ClFNO3/c1-15(29-22(27)14-18-19(24)11-7-12-20(18)25)23(28)26-21-13-6-5-10-17(21)16-8-3-2-4-9-16/h2-13,15H,14H2,1H3,(H,26,28). The van der Waals surface area contributed by atoms with E-state index in [1.807, 2.05) is 42.5 Å². The van der Waals surface area contributed by atoms with Crippen molar-refractivity contribution in [1.82, 2.24) is 0 Å². The summed E-state index contributed by atoms with van der Waals surface area (Å²) in [6.07, 6.45) is -1.42. The van der Waals surface area contributed by atoms with E-state index in [0.29, 0.717) is 5.69 Å². The fourth-order valence-electron chi connectivity index (χ4n) is 2.83. The lowest BCUT2D eigenvalue weighted by atomic mass is 10.0. The summed E-state index contributed by atoms with van der Waals surface area (Å²) in [4.78, 5) is 24.7. The van der Waals surface area contributed by atoms with Gasteiger partial charge in [-0.1, -0.05) is 66.2 Å². The van der Waals surface area contributed by atoms with Gasteiger partial charge in [0.15, 0.2) is 6.10 Å². The number of carbonyl (C=O) groups is 2. The Morgan fingerprint density at radius 1 is 1.00 bits per heavy atom. The van der Waals surface area contributed by atoms with E-state index in [1.165, 1.54) is 25.1 Å². The number of hydrogen-bond acceptors (Lipinski definition) is 3. The van der Waals surface area contributed by atoms with Crippen molar-refractivity contribution in [3.05, 3.63) is 89.2 Å². The Hall–Kier alpha value is -3.18. The number of benzene rings is 3. The first-order valence-electron chi connectivity index (χ1n) is 9.03. The van der Waals surface area contributed by atoms with Gasteiger partial charge < -0.3 is 10.1 Å². The van der Waals surface area contributed by atoms with Gasteiger partial charge in [-0.05, 0) is 30.7 Å². The minimum absolute atomic E-state index is 0.0428. The van der Waals surface area contributed by atoms with Crippen LogP contribution in [0.3, 0.4) is 0 Å². The molecule has 1 atom stereocenters. The van der Waals surface area contributed by atoms with E-state index in [0.717, 1.165) is 11.1 Å². The number of amides is 1. The predicted octanol–water partition coefficient (Wildman–Crippen LogP) is 5.26. The number of rotatable bonds is 6. The zero-order valence-corrected chi connectivity index (χ0v) is 16.4. The minimum Gasteiger partial charge on any atom is -0.452 e. The maximum Gasteiger partial charge on any atom is 0.311 e. The second-order valence-electron chi connectivity index (χ2n) is 6.41. The Bertz CT molecular complexity index is 1000. The number of nitrogens with one attached hydrogen (secondary N) is 1. The molecule has 0 saturated carbocycles. The van der Waals surface area contributed by atoms with Gasteiger partial charge in [-0.15, -0.1) is 0 Å². The average molecular weight is 412 g/mol. The number of carbonyl (C=O) groups excluding carboxylic acids is 2. The Labute approximate surface area is 173 Å². The van der Waals surface area contributed by atoms with Crippen molar-refractivity contribution in [2.45, 2.75) is 19.4 Å². The third kappa shape index (κ3) is 5.21. The molecule has 1 N–H and O–H groups in total. The Morgan fingerprint density at radius 2 is 1.69 bits per heavy atom. The normalized spacial score (nSPS) is 11.6. The lowest BCUT2D eigenvalue weighted by molar-refractivity contribution is -0.152. The molecule has 4 nitrogen and oxygen atoms in total. The fraction of sp³-hybridized carbons (Fsp3) is 0.130. The molecule has 0 aliphatic heterocycles. The van der Waals surface area contributed by atoms with Gasteiger partial charge in [-0.2, -0.15) is 0 Å². The molecule has 0 fully saturated rings. The third-order valence-electron chi connectivity index (χ3n) is 4.33. The van der Waals surface area contributed by atoms with Crippen LogP contribution >= 0.6 is 11.6 Å². The monoisotopic (exact) mass is 411 g/mol. The van der Waals surface area contributed by atoms with Crippen molar-refractivity contribution in [2.75, 3.05) is 5.32 Å². The molecule has 6 heteroatoms. The predicted molar refractivity (Wildman–Crippen MR) is 111 cm³/mol. The molecule has 0 aliphatic rings. The summed E-state index contributed by atoms with van der Waals surface area (Å²) in [5, 5.41) is 2.92. The van der Waals surface area contributed by atoms with E-state index < -0.39 is 23.8 Å². The van der Waals surface area contributed by atoms with Crippen LogP contribution in [0, 0.1) is 5.82 Å². The van der Waals surface area contributed by atoms with E-state index >= 15 is 0 Å². The second kappa shape index (κ2) is 9.34. The molecule has 3 aromatic carbocycles. The van der Waals surface area contributed by atoms with E-state index in [2.05, 4.69) is 5.32 Å². The van der Waals surface area contributed by atoms with Crippen molar-refractivity contribution >= 4 is 29.2 Å². The maximum atomic E-state index is 13.8. The van der Waals surface area contributed by atoms with Gasteiger partial charge in [0.1, 0.15) is 5.82 Å². The van der Waals surface area contributed by atoms with Crippen molar-refractivity contribution in [1.29, 1.82) is 0 Å². The van der Waals surface area contributed by atoms with Gasteiger partial charge in [0, 0.05) is 21.8 Å². The zero-order valence-electron chi connectivity index (χ0n) is 15.7. The largest absolute Gasteiger partial charge is 0.452 e. The molecule has 0 aromatic heterocycles. The molecule has 0 heterocycles. The molecule has 3 aromatic rings. The second-order valence-corrected chi connectivity index (χ2v) is 6.82. The average Bonchev–Trinajstić information content (AvgIpc) is 2.72. The molecule has 148 valence electrons. The first-order chi connectivity index (χ1) is 14.0. The quantitative estimate of drug-likeness (QED) is 0.563. The first kappa shape index (κ1) is 20.6. The van der Waals surface area contributed by atoms with Gasteiger partial charge in [0.05, 0.1) is 6.42 Å². The van der Waals surface area contributed by atoms with E-state index in [-0.39, 0.29) is 17.0 Å². The van der Waals surface area contributed by atoms with E-state index in [9.17, 15) is 14.0 Å². The molecule has 1 amide bonds. The number of ether oxygens (including phenoxy) is 1. The third-order valence-corrected chi connectivity index (χ3v) is 4.68. The van der Waals surface area contributed by atoms with Crippen LogP contribution in [0.2, 0.25) is 5.02 Å². The van der Waals surface area contributed by atoms with Gasteiger partial charge in [0.2, 0.25) is 0 Å². The summed E-state index contributed by atoms with van der Waals surface area (Å²) >= 11 is 5.93. The summed E-state index contributed by atoms with van der Waals surface area (Å²) in [6.45, 7) is 1.46. The number of hydrogen-bond donors (Lipinski definition) is 1. The highest BCUT2D eigenvalue weighted by atomic mass is 35.5. The summed E-state index contributed by atoms with van der Waals surface area (Å²) in [5.41, 5.74) is 2.44. The van der Waals surface area contributed by atoms with Gasteiger partial charge in [-0.3, -0.25) is 9.59 Å².